The second-order valence-corrected chi connectivity index (χ2v) is 8.79. The third-order valence-corrected chi connectivity index (χ3v) is 6.63. The van der Waals surface area contributed by atoms with Gasteiger partial charge in [-0.1, -0.05) is 53.1 Å². The van der Waals surface area contributed by atoms with Gasteiger partial charge in [-0.2, -0.15) is 0 Å². The zero-order valence-corrected chi connectivity index (χ0v) is 16.0. The molecule has 0 bridgehead atoms. The van der Waals surface area contributed by atoms with E-state index in [1.54, 1.807) is 36.4 Å². The molecule has 0 N–H and O–H groups in total. The Morgan fingerprint density at radius 1 is 0.654 bits per heavy atom. The molecule has 132 valence electrons. The Morgan fingerprint density at radius 2 is 1.00 bits per heavy atom. The summed E-state index contributed by atoms with van der Waals surface area (Å²) in [5.74, 6) is -0.588. The average molecular weight is 364 g/mol. The van der Waals surface area contributed by atoms with Gasteiger partial charge in [0.1, 0.15) is 0 Å². The highest BCUT2D eigenvalue weighted by Gasteiger charge is 2.32. The summed E-state index contributed by atoms with van der Waals surface area (Å²) in [4.78, 5) is 12.7. The van der Waals surface area contributed by atoms with Crippen molar-refractivity contribution in [1.29, 1.82) is 0 Å². The molecular formula is C22H21O3P. The van der Waals surface area contributed by atoms with Crippen LogP contribution in [0.4, 0.5) is 0 Å². The molecule has 0 aliphatic rings. The minimum Gasteiger partial charge on any atom is -0.401 e. The maximum Gasteiger partial charge on any atom is 0.343 e. The first kappa shape index (κ1) is 18.2. The molecule has 0 aliphatic heterocycles. The van der Waals surface area contributed by atoms with E-state index in [2.05, 4.69) is 0 Å². The molecule has 0 saturated heterocycles. The van der Waals surface area contributed by atoms with Crippen LogP contribution in [-0.2, 0) is 9.09 Å². The SMILES string of the molecule is Cc1ccc(C(=O)OP(=O)(c2ccc(C)cc2)c2ccc(C)cc2)cc1. The van der Waals surface area contributed by atoms with Gasteiger partial charge in [0.15, 0.2) is 0 Å². The largest absolute Gasteiger partial charge is 0.401 e. The van der Waals surface area contributed by atoms with E-state index in [1.165, 1.54) is 0 Å². The van der Waals surface area contributed by atoms with Crippen molar-refractivity contribution < 1.29 is 13.9 Å². The maximum atomic E-state index is 13.8. The fraction of sp³-hybridized carbons (Fsp3) is 0.136. The van der Waals surface area contributed by atoms with Crippen molar-refractivity contribution in [2.75, 3.05) is 0 Å². The molecular weight excluding hydrogens is 343 g/mol. The van der Waals surface area contributed by atoms with Gasteiger partial charge in [-0.15, -0.1) is 0 Å². The summed E-state index contributed by atoms with van der Waals surface area (Å²) in [6.07, 6.45) is 0. The topological polar surface area (TPSA) is 43.4 Å². The van der Waals surface area contributed by atoms with Crippen molar-refractivity contribution in [3.05, 3.63) is 95.1 Å². The van der Waals surface area contributed by atoms with E-state index in [9.17, 15) is 9.36 Å². The number of hydrogen-bond donors (Lipinski definition) is 0. The van der Waals surface area contributed by atoms with Gasteiger partial charge in [-0.3, -0.25) is 4.57 Å². The molecule has 0 spiro atoms. The van der Waals surface area contributed by atoms with E-state index < -0.39 is 13.3 Å². The van der Waals surface area contributed by atoms with E-state index in [0.29, 0.717) is 16.2 Å². The molecule has 0 atom stereocenters. The van der Waals surface area contributed by atoms with Crippen molar-refractivity contribution in [2.45, 2.75) is 20.8 Å². The lowest BCUT2D eigenvalue weighted by Gasteiger charge is -2.19. The highest BCUT2D eigenvalue weighted by molar-refractivity contribution is 7.74. The minimum absolute atomic E-state index is 0.384. The molecule has 0 heterocycles. The summed E-state index contributed by atoms with van der Waals surface area (Å²) in [6, 6.07) is 21.6. The smallest absolute Gasteiger partial charge is 0.343 e. The predicted molar refractivity (Wildman–Crippen MR) is 106 cm³/mol. The van der Waals surface area contributed by atoms with Crippen molar-refractivity contribution >= 4 is 23.9 Å². The minimum atomic E-state index is -3.55. The van der Waals surface area contributed by atoms with Crippen molar-refractivity contribution in [3.8, 4) is 0 Å². The van der Waals surface area contributed by atoms with E-state index in [-0.39, 0.29) is 0 Å². The summed E-state index contributed by atoms with van der Waals surface area (Å²) in [5.41, 5.74) is 3.53. The summed E-state index contributed by atoms with van der Waals surface area (Å²) in [6.45, 7) is 5.86. The number of benzene rings is 3. The van der Waals surface area contributed by atoms with Crippen molar-refractivity contribution in [2.24, 2.45) is 0 Å². The quantitative estimate of drug-likeness (QED) is 0.631. The lowest BCUT2D eigenvalue weighted by Crippen LogP contribution is -2.21. The number of hydrogen-bond acceptors (Lipinski definition) is 3. The lowest BCUT2D eigenvalue weighted by atomic mass is 10.2. The molecule has 0 fully saturated rings. The van der Waals surface area contributed by atoms with Gasteiger partial charge >= 0.3 is 13.3 Å². The van der Waals surface area contributed by atoms with Crippen LogP contribution < -0.4 is 10.6 Å². The van der Waals surface area contributed by atoms with E-state index in [0.717, 1.165) is 16.7 Å². The van der Waals surface area contributed by atoms with Crippen LogP contribution in [0.2, 0.25) is 0 Å². The molecule has 3 aromatic rings. The maximum absolute atomic E-state index is 13.8. The summed E-state index contributed by atoms with van der Waals surface area (Å²) in [7, 11) is -3.55. The van der Waals surface area contributed by atoms with Crippen LogP contribution in [0.1, 0.15) is 27.0 Å². The van der Waals surface area contributed by atoms with Gasteiger partial charge in [0.25, 0.3) is 0 Å². The first-order chi connectivity index (χ1) is 12.4. The average Bonchev–Trinajstić information content (AvgIpc) is 2.63. The second-order valence-electron chi connectivity index (χ2n) is 6.47. The molecule has 0 aromatic heterocycles. The van der Waals surface area contributed by atoms with E-state index >= 15 is 0 Å². The first-order valence-electron chi connectivity index (χ1n) is 8.43. The molecule has 0 amide bonds. The monoisotopic (exact) mass is 364 g/mol. The van der Waals surface area contributed by atoms with Gasteiger partial charge in [-0.05, 0) is 57.2 Å². The van der Waals surface area contributed by atoms with E-state index in [1.807, 2.05) is 57.2 Å². The molecule has 0 radical (unpaired) electrons. The molecule has 0 aliphatic carbocycles. The third-order valence-electron chi connectivity index (χ3n) is 4.25. The van der Waals surface area contributed by atoms with Crippen LogP contribution in [0.25, 0.3) is 0 Å². The standard InChI is InChI=1S/C22H21O3P/c1-16-4-10-19(11-5-16)22(23)25-26(24,20-12-6-17(2)7-13-20)21-14-8-18(3)9-15-21/h4-15H,1-3H3. The molecule has 3 rings (SSSR count). The Labute approximate surface area is 154 Å². The Hall–Kier alpha value is -2.64. The summed E-state index contributed by atoms with van der Waals surface area (Å²) >= 11 is 0. The van der Waals surface area contributed by atoms with Gasteiger partial charge in [0.05, 0.1) is 16.2 Å². The van der Waals surface area contributed by atoms with Crippen LogP contribution in [0, 0.1) is 20.8 Å². The lowest BCUT2D eigenvalue weighted by molar-refractivity contribution is 0.0747. The Balaban J connectivity index is 2.04. The van der Waals surface area contributed by atoms with Gasteiger partial charge < -0.3 is 4.52 Å². The second kappa shape index (κ2) is 7.31. The highest BCUT2D eigenvalue weighted by atomic mass is 31.2. The fourth-order valence-corrected chi connectivity index (χ4v) is 4.53. The molecule has 26 heavy (non-hydrogen) atoms. The molecule has 0 unspecified atom stereocenters. The van der Waals surface area contributed by atoms with Crippen LogP contribution in [0.5, 0.6) is 0 Å². The molecule has 4 heteroatoms. The van der Waals surface area contributed by atoms with Crippen LogP contribution in [0.3, 0.4) is 0 Å². The number of rotatable bonds is 4. The van der Waals surface area contributed by atoms with Gasteiger partial charge in [0.2, 0.25) is 0 Å². The van der Waals surface area contributed by atoms with Gasteiger partial charge in [0, 0.05) is 0 Å². The molecule has 0 saturated carbocycles. The van der Waals surface area contributed by atoms with E-state index in [4.69, 9.17) is 4.52 Å². The zero-order valence-electron chi connectivity index (χ0n) is 15.1. The highest BCUT2D eigenvalue weighted by Crippen LogP contribution is 2.45. The zero-order chi connectivity index (χ0) is 18.7. The Bertz CT molecular complexity index is 906. The van der Waals surface area contributed by atoms with Crippen molar-refractivity contribution in [3.63, 3.8) is 0 Å². The summed E-state index contributed by atoms with van der Waals surface area (Å²) < 4.78 is 19.5. The van der Waals surface area contributed by atoms with Crippen LogP contribution in [-0.4, -0.2) is 5.97 Å². The summed E-state index contributed by atoms with van der Waals surface area (Å²) in [5, 5.41) is 1.01. The first-order valence-corrected chi connectivity index (χ1v) is 10.1. The molecule has 3 nitrogen and oxygen atoms in total. The number of aryl methyl sites for hydroxylation is 3. The van der Waals surface area contributed by atoms with Crippen LogP contribution in [0.15, 0.2) is 72.8 Å². The van der Waals surface area contributed by atoms with Crippen LogP contribution >= 0.6 is 7.37 Å². The number of carbonyl (C=O) groups is 1. The number of carbonyl (C=O) groups excluding carboxylic acids is 1. The Kier molecular flexibility index (Phi) is 5.11. The van der Waals surface area contributed by atoms with Crippen molar-refractivity contribution in [1.82, 2.24) is 0 Å². The normalized spacial score (nSPS) is 11.2. The molecule has 3 aromatic carbocycles. The predicted octanol–water partition coefficient (Wildman–Crippen LogP) is 4.70. The third kappa shape index (κ3) is 3.79. The fourth-order valence-electron chi connectivity index (χ4n) is 2.60. The van der Waals surface area contributed by atoms with Gasteiger partial charge in [-0.25, -0.2) is 4.79 Å². The Morgan fingerprint density at radius 3 is 1.38 bits per heavy atom.